The molecule has 3 rings (SSSR count). The number of fused-ring (bicyclic) bond motifs is 1. The molecule has 2 heterocycles. The van der Waals surface area contributed by atoms with Crippen LogP contribution >= 0.6 is 12.2 Å². The van der Waals surface area contributed by atoms with Gasteiger partial charge in [-0.2, -0.15) is 0 Å². The van der Waals surface area contributed by atoms with Crippen LogP contribution in [0.2, 0.25) is 0 Å². The van der Waals surface area contributed by atoms with Crippen molar-refractivity contribution in [2.45, 2.75) is 20.0 Å². The van der Waals surface area contributed by atoms with Gasteiger partial charge in [0.05, 0.1) is 17.6 Å². The lowest BCUT2D eigenvalue weighted by atomic mass is 10.3. The lowest BCUT2D eigenvalue weighted by molar-refractivity contribution is 0.655. The summed E-state index contributed by atoms with van der Waals surface area (Å²) in [7, 11) is 0. The number of H-pyrrole nitrogens is 1. The number of aromatic nitrogens is 5. The Kier molecular flexibility index (Phi) is 2.71. The van der Waals surface area contributed by atoms with Gasteiger partial charge in [0.25, 0.3) is 0 Å². The number of imidazole rings is 1. The molecule has 6 heteroatoms. The van der Waals surface area contributed by atoms with E-state index in [1.54, 1.807) is 6.33 Å². The molecule has 2 aromatic heterocycles. The fourth-order valence-corrected chi connectivity index (χ4v) is 2.34. The van der Waals surface area contributed by atoms with E-state index in [2.05, 4.69) is 22.1 Å². The minimum absolute atomic E-state index is 0.636. The molecule has 1 aromatic carbocycles. The molecule has 0 aliphatic carbocycles. The van der Waals surface area contributed by atoms with E-state index in [4.69, 9.17) is 12.2 Å². The Labute approximate surface area is 109 Å². The maximum absolute atomic E-state index is 5.36. The molecule has 0 atom stereocenters. The van der Waals surface area contributed by atoms with Gasteiger partial charge < -0.3 is 14.1 Å². The average molecular weight is 259 g/mol. The molecule has 0 aliphatic heterocycles. The van der Waals surface area contributed by atoms with E-state index >= 15 is 0 Å². The van der Waals surface area contributed by atoms with Crippen molar-refractivity contribution in [3.05, 3.63) is 41.2 Å². The SMILES string of the molecule is CCn1cnnc1Cn1c(=S)[nH]c2ccccc21. The van der Waals surface area contributed by atoms with Crippen LogP contribution in [0.5, 0.6) is 0 Å². The molecule has 92 valence electrons. The van der Waals surface area contributed by atoms with Gasteiger partial charge in [-0.25, -0.2) is 0 Å². The Balaban J connectivity index is 2.10. The molecule has 0 fully saturated rings. The predicted octanol–water partition coefficient (Wildman–Crippen LogP) is 2.36. The highest BCUT2D eigenvalue weighted by Crippen LogP contribution is 2.14. The summed E-state index contributed by atoms with van der Waals surface area (Å²) in [5, 5.41) is 8.08. The maximum atomic E-state index is 5.36. The number of hydrogen-bond acceptors (Lipinski definition) is 3. The van der Waals surface area contributed by atoms with E-state index in [1.807, 2.05) is 33.4 Å². The molecule has 0 unspecified atom stereocenters. The van der Waals surface area contributed by atoms with E-state index in [0.29, 0.717) is 11.3 Å². The van der Waals surface area contributed by atoms with Crippen molar-refractivity contribution in [2.75, 3.05) is 0 Å². The van der Waals surface area contributed by atoms with Crippen molar-refractivity contribution in [2.24, 2.45) is 0 Å². The van der Waals surface area contributed by atoms with E-state index in [1.165, 1.54) is 0 Å². The van der Waals surface area contributed by atoms with Crippen LogP contribution < -0.4 is 0 Å². The fourth-order valence-electron chi connectivity index (χ4n) is 2.07. The van der Waals surface area contributed by atoms with Crippen LogP contribution in [-0.4, -0.2) is 24.3 Å². The summed E-state index contributed by atoms with van der Waals surface area (Å²) in [5.74, 6) is 0.915. The Bertz CT molecular complexity index is 736. The van der Waals surface area contributed by atoms with Crippen LogP contribution in [0.3, 0.4) is 0 Å². The van der Waals surface area contributed by atoms with E-state index in [0.717, 1.165) is 23.4 Å². The number of benzene rings is 1. The monoisotopic (exact) mass is 259 g/mol. The molecule has 0 amide bonds. The highest BCUT2D eigenvalue weighted by molar-refractivity contribution is 7.71. The van der Waals surface area contributed by atoms with Gasteiger partial charge in [0.15, 0.2) is 10.6 Å². The zero-order valence-electron chi connectivity index (χ0n) is 10.00. The number of aryl methyl sites for hydroxylation is 1. The van der Waals surface area contributed by atoms with E-state index in [9.17, 15) is 0 Å². The molecular weight excluding hydrogens is 246 g/mol. The van der Waals surface area contributed by atoms with Crippen molar-refractivity contribution >= 4 is 23.3 Å². The Morgan fingerprint density at radius 1 is 1.33 bits per heavy atom. The summed E-state index contributed by atoms with van der Waals surface area (Å²) in [4.78, 5) is 3.20. The number of nitrogens with zero attached hydrogens (tertiary/aromatic N) is 4. The lowest BCUT2D eigenvalue weighted by Gasteiger charge is -2.05. The van der Waals surface area contributed by atoms with Crippen LogP contribution in [0.1, 0.15) is 12.7 Å². The molecule has 1 N–H and O–H groups in total. The molecular formula is C12H13N5S. The summed E-state index contributed by atoms with van der Waals surface area (Å²) < 4.78 is 4.77. The van der Waals surface area contributed by atoms with Crippen molar-refractivity contribution in [3.63, 3.8) is 0 Å². The fraction of sp³-hybridized carbons (Fsp3) is 0.250. The van der Waals surface area contributed by atoms with Crippen molar-refractivity contribution in [1.29, 1.82) is 0 Å². The largest absolute Gasteiger partial charge is 0.331 e. The first-order chi connectivity index (χ1) is 8.79. The van der Waals surface area contributed by atoms with E-state index in [-0.39, 0.29) is 0 Å². The molecule has 0 saturated carbocycles. The number of aromatic amines is 1. The summed E-state index contributed by atoms with van der Waals surface area (Å²) in [6.07, 6.45) is 1.74. The van der Waals surface area contributed by atoms with Gasteiger partial charge in [0.1, 0.15) is 6.33 Å². The zero-order chi connectivity index (χ0) is 12.5. The molecule has 0 saturated heterocycles. The van der Waals surface area contributed by atoms with Gasteiger partial charge >= 0.3 is 0 Å². The molecule has 5 nitrogen and oxygen atoms in total. The minimum atomic E-state index is 0.636. The highest BCUT2D eigenvalue weighted by Gasteiger charge is 2.08. The molecule has 0 radical (unpaired) electrons. The van der Waals surface area contributed by atoms with Crippen molar-refractivity contribution < 1.29 is 0 Å². The standard InChI is InChI=1S/C12H13N5S/c1-2-16-8-13-15-11(16)7-17-10-6-4-3-5-9(10)14-12(17)18/h3-6,8H,2,7H2,1H3,(H,14,18). The summed E-state index contributed by atoms with van der Waals surface area (Å²) in [5.41, 5.74) is 2.14. The number of hydrogen-bond donors (Lipinski definition) is 1. The quantitative estimate of drug-likeness (QED) is 0.735. The van der Waals surface area contributed by atoms with Crippen LogP contribution in [0.4, 0.5) is 0 Å². The molecule has 0 bridgehead atoms. The minimum Gasteiger partial charge on any atom is -0.331 e. The van der Waals surface area contributed by atoms with Gasteiger partial charge in [0, 0.05) is 6.54 Å². The predicted molar refractivity (Wildman–Crippen MR) is 71.9 cm³/mol. The third-order valence-electron chi connectivity index (χ3n) is 3.02. The molecule has 0 aliphatic rings. The van der Waals surface area contributed by atoms with Crippen molar-refractivity contribution in [1.82, 2.24) is 24.3 Å². The first-order valence-corrected chi connectivity index (χ1v) is 6.24. The topological polar surface area (TPSA) is 51.4 Å². The second kappa shape index (κ2) is 4.38. The van der Waals surface area contributed by atoms with E-state index < -0.39 is 0 Å². The van der Waals surface area contributed by atoms with Gasteiger partial charge in [-0.1, -0.05) is 12.1 Å². The molecule has 0 spiro atoms. The summed E-state index contributed by atoms with van der Waals surface area (Å²) in [6.45, 7) is 3.57. The molecule has 18 heavy (non-hydrogen) atoms. The Morgan fingerprint density at radius 3 is 3.00 bits per heavy atom. The van der Waals surface area contributed by atoms with Crippen LogP contribution in [-0.2, 0) is 13.1 Å². The second-order valence-electron chi connectivity index (χ2n) is 4.07. The Hall–Kier alpha value is -1.95. The smallest absolute Gasteiger partial charge is 0.178 e. The van der Waals surface area contributed by atoms with Gasteiger partial charge in [-0.15, -0.1) is 10.2 Å². The van der Waals surface area contributed by atoms with Gasteiger partial charge in [0.2, 0.25) is 0 Å². The number of rotatable bonds is 3. The summed E-state index contributed by atoms with van der Waals surface area (Å²) in [6, 6.07) is 8.07. The Morgan fingerprint density at radius 2 is 2.17 bits per heavy atom. The van der Waals surface area contributed by atoms with Crippen molar-refractivity contribution in [3.8, 4) is 0 Å². The lowest BCUT2D eigenvalue weighted by Crippen LogP contribution is -2.07. The first-order valence-electron chi connectivity index (χ1n) is 5.84. The summed E-state index contributed by atoms with van der Waals surface area (Å²) >= 11 is 5.36. The first kappa shape index (κ1) is 11.2. The van der Waals surface area contributed by atoms with Crippen LogP contribution in [0.25, 0.3) is 11.0 Å². The second-order valence-corrected chi connectivity index (χ2v) is 4.45. The van der Waals surface area contributed by atoms with Crippen LogP contribution in [0, 0.1) is 4.77 Å². The third-order valence-corrected chi connectivity index (χ3v) is 3.34. The van der Waals surface area contributed by atoms with Gasteiger partial charge in [-0.3, -0.25) is 0 Å². The third kappa shape index (κ3) is 1.74. The maximum Gasteiger partial charge on any atom is 0.178 e. The highest BCUT2D eigenvalue weighted by atomic mass is 32.1. The van der Waals surface area contributed by atoms with Crippen LogP contribution in [0.15, 0.2) is 30.6 Å². The normalized spacial score (nSPS) is 11.2. The number of nitrogens with one attached hydrogen (secondary N) is 1. The number of para-hydroxylation sites is 2. The van der Waals surface area contributed by atoms with Gasteiger partial charge in [-0.05, 0) is 31.3 Å². The zero-order valence-corrected chi connectivity index (χ0v) is 10.8. The molecule has 3 aromatic rings. The average Bonchev–Trinajstić information content (AvgIpc) is 2.95.